The molecule has 7 heteroatoms. The highest BCUT2D eigenvalue weighted by Crippen LogP contribution is 2.21. The summed E-state index contributed by atoms with van der Waals surface area (Å²) in [5, 5.41) is 8.58. The highest BCUT2D eigenvalue weighted by molar-refractivity contribution is 6.30. The monoisotopic (exact) mass is 317 g/mol. The molecule has 1 rings (SSSR count). The molecule has 1 aromatic rings. The summed E-state index contributed by atoms with van der Waals surface area (Å²) in [7, 11) is 0. The highest BCUT2D eigenvalue weighted by atomic mass is 35.5. The van der Waals surface area contributed by atoms with Gasteiger partial charge in [-0.3, -0.25) is 9.59 Å². The molecule has 0 atom stereocenters. The zero-order valence-electron chi connectivity index (χ0n) is 11.8. The quantitative estimate of drug-likeness (QED) is 0.839. The van der Waals surface area contributed by atoms with E-state index in [9.17, 15) is 14.0 Å². The summed E-state index contributed by atoms with van der Waals surface area (Å²) in [4.78, 5) is 24.0. The number of rotatable bonds is 7. The van der Waals surface area contributed by atoms with Gasteiger partial charge in [0.25, 0.3) is 5.91 Å². The Morgan fingerprint density at radius 3 is 2.62 bits per heavy atom. The number of halogens is 2. The molecule has 0 saturated heterocycles. The normalized spacial score (nSPS) is 10.5. The van der Waals surface area contributed by atoms with Crippen molar-refractivity contribution in [1.29, 1.82) is 0 Å². The number of amides is 1. The van der Waals surface area contributed by atoms with E-state index >= 15 is 0 Å². The maximum Gasteiger partial charge on any atom is 0.305 e. The molecule has 1 aromatic carbocycles. The highest BCUT2D eigenvalue weighted by Gasteiger charge is 2.18. The van der Waals surface area contributed by atoms with Crippen molar-refractivity contribution in [2.45, 2.75) is 26.3 Å². The van der Waals surface area contributed by atoms with Crippen LogP contribution in [0, 0.1) is 5.82 Å². The predicted molar refractivity (Wildman–Crippen MR) is 76.0 cm³/mol. The van der Waals surface area contributed by atoms with Crippen molar-refractivity contribution < 1.29 is 23.8 Å². The van der Waals surface area contributed by atoms with Crippen molar-refractivity contribution in [2.75, 3.05) is 13.2 Å². The van der Waals surface area contributed by atoms with Gasteiger partial charge in [0.1, 0.15) is 11.6 Å². The molecular weight excluding hydrogens is 301 g/mol. The fourth-order valence-electron chi connectivity index (χ4n) is 1.68. The molecule has 0 aliphatic carbocycles. The Balaban J connectivity index is 2.60. The molecular formula is C14H17ClFNO4. The fraction of sp³-hybridized carbons (Fsp3) is 0.429. The number of carbonyl (C=O) groups excluding carboxylic acids is 1. The Labute approximate surface area is 127 Å². The van der Waals surface area contributed by atoms with E-state index in [4.69, 9.17) is 21.4 Å². The molecule has 0 aliphatic rings. The van der Waals surface area contributed by atoms with Crippen LogP contribution in [0.1, 0.15) is 20.3 Å². The van der Waals surface area contributed by atoms with Crippen LogP contribution in [0.15, 0.2) is 18.2 Å². The first-order chi connectivity index (χ1) is 9.81. The van der Waals surface area contributed by atoms with E-state index in [0.717, 1.165) is 6.07 Å². The Bertz CT molecular complexity index is 522. The predicted octanol–water partition coefficient (Wildman–Crippen LogP) is 2.57. The van der Waals surface area contributed by atoms with E-state index in [1.807, 2.05) is 0 Å². The number of hydrogen-bond donors (Lipinski definition) is 1. The molecule has 0 bridgehead atoms. The third-order valence-corrected chi connectivity index (χ3v) is 3.05. The van der Waals surface area contributed by atoms with Gasteiger partial charge < -0.3 is 14.7 Å². The average molecular weight is 318 g/mol. The molecule has 116 valence electrons. The third-order valence-electron chi connectivity index (χ3n) is 2.76. The van der Waals surface area contributed by atoms with Crippen molar-refractivity contribution >= 4 is 23.5 Å². The Kier molecular flexibility index (Phi) is 6.42. The van der Waals surface area contributed by atoms with E-state index in [1.54, 1.807) is 13.8 Å². The van der Waals surface area contributed by atoms with E-state index in [0.29, 0.717) is 0 Å². The van der Waals surface area contributed by atoms with Gasteiger partial charge in [0, 0.05) is 18.7 Å². The zero-order valence-corrected chi connectivity index (χ0v) is 12.6. The van der Waals surface area contributed by atoms with Gasteiger partial charge in [0.2, 0.25) is 0 Å². The van der Waals surface area contributed by atoms with Gasteiger partial charge in [-0.05, 0) is 26.0 Å². The van der Waals surface area contributed by atoms with Crippen LogP contribution in [-0.2, 0) is 9.59 Å². The maximum atomic E-state index is 13.0. The molecule has 5 nitrogen and oxygen atoms in total. The van der Waals surface area contributed by atoms with Crippen molar-refractivity contribution in [2.24, 2.45) is 0 Å². The summed E-state index contributed by atoms with van der Waals surface area (Å²) in [5.74, 6) is -1.61. The van der Waals surface area contributed by atoms with E-state index in [1.165, 1.54) is 17.0 Å². The number of hydrogen-bond acceptors (Lipinski definition) is 3. The molecule has 0 fully saturated rings. The molecule has 0 spiro atoms. The standard InChI is InChI=1S/C14H17ClFNO4/c1-9(2)17(6-5-14(19)20)13(18)8-21-10-3-4-12(16)11(15)7-10/h3-4,7,9H,5-6,8H2,1-2H3,(H,19,20). The van der Waals surface area contributed by atoms with Gasteiger partial charge in [-0.25, -0.2) is 4.39 Å². The van der Waals surface area contributed by atoms with Crippen molar-refractivity contribution in [1.82, 2.24) is 4.90 Å². The molecule has 0 aliphatic heterocycles. The summed E-state index contributed by atoms with van der Waals surface area (Å²) in [5.41, 5.74) is 0. The van der Waals surface area contributed by atoms with Crippen LogP contribution in [0.5, 0.6) is 5.75 Å². The molecule has 0 radical (unpaired) electrons. The van der Waals surface area contributed by atoms with Crippen LogP contribution in [0.3, 0.4) is 0 Å². The minimum Gasteiger partial charge on any atom is -0.484 e. The Hall–Kier alpha value is -1.82. The number of ether oxygens (including phenoxy) is 1. The summed E-state index contributed by atoms with van der Waals surface area (Å²) >= 11 is 5.61. The SMILES string of the molecule is CC(C)N(CCC(=O)O)C(=O)COc1ccc(F)c(Cl)c1. The number of carboxylic acid groups (broad SMARTS) is 1. The van der Waals surface area contributed by atoms with Gasteiger partial charge in [0.15, 0.2) is 6.61 Å². The van der Waals surface area contributed by atoms with Crippen LogP contribution < -0.4 is 4.74 Å². The number of benzene rings is 1. The lowest BCUT2D eigenvalue weighted by Gasteiger charge is -2.26. The first kappa shape index (κ1) is 17.2. The summed E-state index contributed by atoms with van der Waals surface area (Å²) < 4.78 is 18.2. The van der Waals surface area contributed by atoms with E-state index < -0.39 is 11.8 Å². The number of aliphatic carboxylic acids is 1. The fourth-order valence-corrected chi connectivity index (χ4v) is 1.85. The summed E-state index contributed by atoms with van der Waals surface area (Å²) in [6.07, 6.45) is -0.133. The molecule has 21 heavy (non-hydrogen) atoms. The lowest BCUT2D eigenvalue weighted by atomic mass is 10.2. The van der Waals surface area contributed by atoms with Gasteiger partial charge >= 0.3 is 5.97 Å². The zero-order chi connectivity index (χ0) is 16.0. The lowest BCUT2D eigenvalue weighted by Crippen LogP contribution is -2.41. The minimum atomic E-state index is -0.973. The largest absolute Gasteiger partial charge is 0.484 e. The van der Waals surface area contributed by atoms with E-state index in [2.05, 4.69) is 0 Å². The van der Waals surface area contributed by atoms with Crippen LogP contribution in [-0.4, -0.2) is 41.1 Å². The lowest BCUT2D eigenvalue weighted by molar-refractivity contribution is -0.139. The topological polar surface area (TPSA) is 66.8 Å². The molecule has 1 amide bonds. The Morgan fingerprint density at radius 1 is 1.43 bits per heavy atom. The van der Waals surface area contributed by atoms with E-state index in [-0.39, 0.29) is 42.3 Å². The molecule has 0 unspecified atom stereocenters. The average Bonchev–Trinajstić information content (AvgIpc) is 2.39. The first-order valence-electron chi connectivity index (χ1n) is 6.40. The molecule has 0 saturated carbocycles. The van der Waals surface area contributed by atoms with Crippen LogP contribution >= 0.6 is 11.6 Å². The Morgan fingerprint density at radius 2 is 2.10 bits per heavy atom. The van der Waals surface area contributed by atoms with Gasteiger partial charge in [-0.2, -0.15) is 0 Å². The van der Waals surface area contributed by atoms with Crippen molar-refractivity contribution in [3.05, 3.63) is 29.0 Å². The van der Waals surface area contributed by atoms with Crippen LogP contribution in [0.2, 0.25) is 5.02 Å². The molecule has 0 heterocycles. The van der Waals surface area contributed by atoms with Crippen LogP contribution in [0.25, 0.3) is 0 Å². The second-order valence-corrected chi connectivity index (χ2v) is 5.10. The van der Waals surface area contributed by atoms with Gasteiger partial charge in [-0.1, -0.05) is 11.6 Å². The number of carboxylic acids is 1. The van der Waals surface area contributed by atoms with Crippen LogP contribution in [0.4, 0.5) is 4.39 Å². The third kappa shape index (κ3) is 5.59. The van der Waals surface area contributed by atoms with Gasteiger partial charge in [0.05, 0.1) is 11.4 Å². The van der Waals surface area contributed by atoms with Gasteiger partial charge in [-0.15, -0.1) is 0 Å². The summed E-state index contributed by atoms with van der Waals surface area (Å²) in [6.45, 7) is 3.42. The van der Waals surface area contributed by atoms with Crippen molar-refractivity contribution in [3.63, 3.8) is 0 Å². The second kappa shape index (κ2) is 7.83. The molecule has 1 N–H and O–H groups in total. The smallest absolute Gasteiger partial charge is 0.305 e. The second-order valence-electron chi connectivity index (χ2n) is 4.69. The van der Waals surface area contributed by atoms with Crippen molar-refractivity contribution in [3.8, 4) is 5.75 Å². The number of nitrogens with zero attached hydrogens (tertiary/aromatic N) is 1. The minimum absolute atomic E-state index is 0.0912. The first-order valence-corrected chi connectivity index (χ1v) is 6.78. The summed E-state index contributed by atoms with van der Waals surface area (Å²) in [6, 6.07) is 3.65. The number of carbonyl (C=O) groups is 2. The molecule has 0 aromatic heterocycles. The maximum absolute atomic E-state index is 13.0.